The second kappa shape index (κ2) is 11.1. The first kappa shape index (κ1) is 25.3. The Labute approximate surface area is 192 Å². The van der Waals surface area contributed by atoms with Crippen LogP contribution in [0, 0.1) is 0 Å². The number of nitrogens with zero attached hydrogens (tertiary/aromatic N) is 1. The Morgan fingerprint density at radius 1 is 0.906 bits per heavy atom. The lowest BCUT2D eigenvalue weighted by Crippen LogP contribution is -2.38. The van der Waals surface area contributed by atoms with E-state index in [9.17, 15) is 22.8 Å². The second-order valence-electron chi connectivity index (χ2n) is 7.07. The van der Waals surface area contributed by atoms with Gasteiger partial charge < -0.3 is 16.0 Å². The maximum Gasteiger partial charge on any atom is 0.238 e. The molecule has 3 amide bonds. The molecule has 0 atom stereocenters. The Bertz CT molecular complexity index is 1100. The van der Waals surface area contributed by atoms with Crippen LogP contribution >= 0.6 is 11.6 Å². The molecule has 0 aromatic heterocycles. The summed E-state index contributed by atoms with van der Waals surface area (Å²) in [4.78, 5) is 37.5. The minimum atomic E-state index is -3.45. The number of carbonyl (C=O) groups is 3. The van der Waals surface area contributed by atoms with E-state index in [4.69, 9.17) is 11.6 Å². The molecular formula is C21H25ClN4O5S. The van der Waals surface area contributed by atoms with E-state index in [2.05, 4.69) is 16.0 Å². The summed E-state index contributed by atoms with van der Waals surface area (Å²) in [6.07, 6.45) is 1.06. The van der Waals surface area contributed by atoms with Crippen LogP contribution in [-0.2, 0) is 24.2 Å². The first-order valence-corrected chi connectivity index (χ1v) is 11.9. The monoisotopic (exact) mass is 480 g/mol. The maximum atomic E-state index is 12.4. The lowest BCUT2D eigenvalue weighted by molar-refractivity contribution is -0.120. The van der Waals surface area contributed by atoms with Gasteiger partial charge in [-0.2, -0.15) is 0 Å². The molecule has 11 heteroatoms. The molecule has 0 heterocycles. The summed E-state index contributed by atoms with van der Waals surface area (Å²) >= 11 is 6.06. The Morgan fingerprint density at radius 2 is 1.44 bits per heavy atom. The van der Waals surface area contributed by atoms with E-state index in [1.165, 1.54) is 25.1 Å². The summed E-state index contributed by atoms with van der Waals surface area (Å²) < 4.78 is 23.4. The topological polar surface area (TPSA) is 125 Å². The van der Waals surface area contributed by atoms with Crippen molar-refractivity contribution in [2.24, 2.45) is 0 Å². The van der Waals surface area contributed by atoms with Crippen molar-refractivity contribution in [2.75, 3.05) is 41.8 Å². The van der Waals surface area contributed by atoms with E-state index in [0.717, 1.165) is 6.26 Å². The number of rotatable bonds is 9. The van der Waals surface area contributed by atoms with Gasteiger partial charge >= 0.3 is 0 Å². The SMILES string of the molecule is CCN(CC(=O)Nc1ccc(NC(C)=O)cc1)CC(=O)Nc1cc(S(C)(=O)=O)ccc1Cl. The van der Waals surface area contributed by atoms with Crippen LogP contribution in [0.25, 0.3) is 0 Å². The third-order valence-corrected chi connectivity index (χ3v) is 5.75. The summed E-state index contributed by atoms with van der Waals surface area (Å²) in [5.41, 5.74) is 1.34. The van der Waals surface area contributed by atoms with E-state index in [-0.39, 0.29) is 40.5 Å². The number of nitrogens with one attached hydrogen (secondary N) is 3. The molecule has 2 aromatic rings. The van der Waals surface area contributed by atoms with Gasteiger partial charge in [0.25, 0.3) is 0 Å². The molecule has 0 radical (unpaired) electrons. The van der Waals surface area contributed by atoms with Crippen molar-refractivity contribution < 1.29 is 22.8 Å². The van der Waals surface area contributed by atoms with Gasteiger partial charge in [-0.15, -0.1) is 0 Å². The quantitative estimate of drug-likeness (QED) is 0.506. The van der Waals surface area contributed by atoms with Crippen molar-refractivity contribution in [1.29, 1.82) is 0 Å². The fourth-order valence-corrected chi connectivity index (χ4v) is 3.56. The first-order chi connectivity index (χ1) is 15.0. The molecule has 0 fully saturated rings. The van der Waals surface area contributed by atoms with Crippen LogP contribution in [0.5, 0.6) is 0 Å². The molecule has 32 heavy (non-hydrogen) atoms. The van der Waals surface area contributed by atoms with Crippen LogP contribution in [0.4, 0.5) is 17.1 Å². The Balaban J connectivity index is 1.95. The number of sulfone groups is 1. The zero-order valence-corrected chi connectivity index (χ0v) is 19.5. The minimum Gasteiger partial charge on any atom is -0.326 e. The largest absolute Gasteiger partial charge is 0.326 e. The van der Waals surface area contributed by atoms with E-state index in [1.54, 1.807) is 36.1 Å². The third kappa shape index (κ3) is 7.95. The van der Waals surface area contributed by atoms with Crippen LogP contribution in [0.2, 0.25) is 5.02 Å². The summed E-state index contributed by atoms with van der Waals surface area (Å²) in [5, 5.41) is 8.16. The van der Waals surface area contributed by atoms with E-state index in [0.29, 0.717) is 17.9 Å². The number of hydrogen-bond acceptors (Lipinski definition) is 6. The van der Waals surface area contributed by atoms with E-state index < -0.39 is 15.7 Å². The van der Waals surface area contributed by atoms with Crippen LogP contribution < -0.4 is 16.0 Å². The molecule has 0 spiro atoms. The van der Waals surface area contributed by atoms with Crippen LogP contribution in [0.3, 0.4) is 0 Å². The summed E-state index contributed by atoms with van der Waals surface area (Å²) in [5.74, 6) is -0.945. The molecule has 9 nitrogen and oxygen atoms in total. The van der Waals surface area contributed by atoms with Crippen molar-refractivity contribution in [3.63, 3.8) is 0 Å². The number of benzene rings is 2. The molecular weight excluding hydrogens is 456 g/mol. The van der Waals surface area contributed by atoms with Gasteiger partial charge in [0.2, 0.25) is 17.7 Å². The zero-order chi connectivity index (χ0) is 23.9. The van der Waals surface area contributed by atoms with Crippen molar-refractivity contribution in [3.8, 4) is 0 Å². The van der Waals surface area contributed by atoms with Gasteiger partial charge in [0.15, 0.2) is 9.84 Å². The van der Waals surface area contributed by atoms with Gasteiger partial charge in [-0.1, -0.05) is 18.5 Å². The average molecular weight is 481 g/mol. The lowest BCUT2D eigenvalue weighted by Gasteiger charge is -2.19. The smallest absolute Gasteiger partial charge is 0.238 e. The van der Waals surface area contributed by atoms with Crippen molar-refractivity contribution >= 4 is 56.2 Å². The predicted octanol–water partition coefficient (Wildman–Crippen LogP) is 2.60. The van der Waals surface area contributed by atoms with Gasteiger partial charge in [0, 0.05) is 24.6 Å². The average Bonchev–Trinajstić information content (AvgIpc) is 2.69. The van der Waals surface area contributed by atoms with Crippen LogP contribution in [-0.4, -0.2) is 56.9 Å². The van der Waals surface area contributed by atoms with Crippen LogP contribution in [0.1, 0.15) is 13.8 Å². The molecule has 0 saturated heterocycles. The predicted molar refractivity (Wildman–Crippen MR) is 125 cm³/mol. The number of amides is 3. The second-order valence-corrected chi connectivity index (χ2v) is 9.49. The molecule has 2 rings (SSSR count). The van der Waals surface area contributed by atoms with Crippen molar-refractivity contribution in [1.82, 2.24) is 4.90 Å². The third-order valence-electron chi connectivity index (χ3n) is 4.31. The summed E-state index contributed by atoms with van der Waals surface area (Å²) in [7, 11) is -3.45. The molecule has 3 N–H and O–H groups in total. The number of carbonyl (C=O) groups excluding carboxylic acids is 3. The number of hydrogen-bond donors (Lipinski definition) is 3. The highest BCUT2D eigenvalue weighted by Gasteiger charge is 2.16. The van der Waals surface area contributed by atoms with E-state index in [1.807, 2.05) is 0 Å². The molecule has 0 aliphatic heterocycles. The molecule has 0 saturated carbocycles. The van der Waals surface area contributed by atoms with Gasteiger partial charge in [-0.05, 0) is 49.0 Å². The summed E-state index contributed by atoms with van der Waals surface area (Å²) in [6, 6.07) is 10.7. The highest BCUT2D eigenvalue weighted by Crippen LogP contribution is 2.25. The zero-order valence-electron chi connectivity index (χ0n) is 17.9. The standard InChI is InChI=1S/C21H25ClN4O5S/c1-4-26(12-20(28)24-16-7-5-15(6-8-16)23-14(2)27)13-21(29)25-19-11-17(32(3,30)31)9-10-18(19)22/h5-11H,4,12-13H2,1-3H3,(H,23,27)(H,24,28)(H,25,29). The molecule has 0 bridgehead atoms. The Morgan fingerprint density at radius 3 is 1.94 bits per heavy atom. The highest BCUT2D eigenvalue weighted by molar-refractivity contribution is 7.90. The van der Waals surface area contributed by atoms with Gasteiger partial charge in [0.1, 0.15) is 0 Å². The summed E-state index contributed by atoms with van der Waals surface area (Å²) in [6.45, 7) is 3.51. The molecule has 0 aliphatic carbocycles. The van der Waals surface area contributed by atoms with Gasteiger partial charge in [-0.3, -0.25) is 19.3 Å². The molecule has 0 unspecified atom stereocenters. The fourth-order valence-electron chi connectivity index (χ4n) is 2.75. The Hall–Kier alpha value is -2.95. The minimum absolute atomic E-state index is 0.0333. The number of anilines is 3. The first-order valence-electron chi connectivity index (χ1n) is 9.67. The molecule has 0 aliphatic rings. The number of halogens is 1. The number of likely N-dealkylation sites (N-methyl/N-ethyl adjacent to an activating group) is 1. The highest BCUT2D eigenvalue weighted by atomic mass is 35.5. The lowest BCUT2D eigenvalue weighted by atomic mass is 10.2. The normalized spacial score (nSPS) is 11.2. The van der Waals surface area contributed by atoms with Crippen molar-refractivity contribution in [3.05, 3.63) is 47.5 Å². The maximum absolute atomic E-state index is 12.4. The molecule has 2 aromatic carbocycles. The Kier molecular flexibility index (Phi) is 8.76. The van der Waals surface area contributed by atoms with Crippen molar-refractivity contribution in [2.45, 2.75) is 18.7 Å². The van der Waals surface area contributed by atoms with Gasteiger partial charge in [0.05, 0.1) is 28.7 Å². The fraction of sp³-hybridized carbons (Fsp3) is 0.286. The van der Waals surface area contributed by atoms with Crippen LogP contribution in [0.15, 0.2) is 47.4 Å². The van der Waals surface area contributed by atoms with Gasteiger partial charge in [-0.25, -0.2) is 8.42 Å². The van der Waals surface area contributed by atoms with E-state index >= 15 is 0 Å². The molecule has 172 valence electrons.